The minimum atomic E-state index is -0.117. The van der Waals surface area contributed by atoms with Gasteiger partial charge in [-0.05, 0) is 6.07 Å². The molecule has 0 aliphatic rings. The number of fused-ring (bicyclic) bond motifs is 1. The van der Waals surface area contributed by atoms with Crippen LogP contribution in [-0.2, 0) is 5.41 Å². The first-order valence-corrected chi connectivity index (χ1v) is 4.73. The Kier molecular flexibility index (Phi) is 2.07. The molecule has 0 fully saturated rings. The van der Waals surface area contributed by atoms with E-state index in [-0.39, 0.29) is 5.41 Å². The van der Waals surface area contributed by atoms with Gasteiger partial charge in [0.2, 0.25) is 0 Å². The van der Waals surface area contributed by atoms with Crippen molar-refractivity contribution < 1.29 is 9.32 Å². The first kappa shape index (κ1) is 9.83. The Morgan fingerprint density at radius 3 is 2.73 bits per heavy atom. The Labute approximate surface area is 87.3 Å². The van der Waals surface area contributed by atoms with Crippen molar-refractivity contribution in [3.8, 4) is 0 Å². The lowest BCUT2D eigenvalue weighted by Crippen LogP contribution is -2.11. The third-order valence-corrected chi connectivity index (χ3v) is 2.20. The number of pyridine rings is 1. The Balaban J connectivity index is 2.72. The van der Waals surface area contributed by atoms with Crippen LogP contribution in [0.4, 0.5) is 0 Å². The number of carbonyl (C=O) groups is 1. The number of hydrogen-bond acceptors (Lipinski definition) is 4. The first-order valence-electron chi connectivity index (χ1n) is 4.73. The quantitative estimate of drug-likeness (QED) is 0.669. The number of nitrogens with zero attached hydrogens (tertiary/aromatic N) is 2. The van der Waals surface area contributed by atoms with Gasteiger partial charge in [0.1, 0.15) is 0 Å². The van der Waals surface area contributed by atoms with Crippen LogP contribution in [0.3, 0.4) is 0 Å². The summed E-state index contributed by atoms with van der Waals surface area (Å²) in [5, 5.41) is 4.80. The molecule has 2 aromatic heterocycles. The maximum Gasteiger partial charge on any atom is 0.257 e. The summed E-state index contributed by atoms with van der Waals surface area (Å²) in [7, 11) is 0. The van der Waals surface area contributed by atoms with Crippen molar-refractivity contribution in [1.29, 1.82) is 0 Å². The van der Waals surface area contributed by atoms with E-state index in [1.807, 2.05) is 20.8 Å². The van der Waals surface area contributed by atoms with Crippen molar-refractivity contribution in [1.82, 2.24) is 10.1 Å². The van der Waals surface area contributed by atoms with Gasteiger partial charge in [0.05, 0.1) is 11.1 Å². The minimum absolute atomic E-state index is 0.117. The summed E-state index contributed by atoms with van der Waals surface area (Å²) in [6.45, 7) is 6.12. The van der Waals surface area contributed by atoms with Crippen LogP contribution < -0.4 is 0 Å². The third kappa shape index (κ3) is 1.63. The summed E-state index contributed by atoms with van der Waals surface area (Å²) >= 11 is 0. The SMILES string of the molecule is CC(C)(C)c1noc2ncc(C=O)cc12. The summed E-state index contributed by atoms with van der Waals surface area (Å²) < 4.78 is 5.10. The van der Waals surface area contributed by atoms with Gasteiger partial charge in [-0.25, -0.2) is 4.98 Å². The largest absolute Gasteiger partial charge is 0.336 e. The van der Waals surface area contributed by atoms with Gasteiger partial charge in [0.15, 0.2) is 6.29 Å². The van der Waals surface area contributed by atoms with Crippen LogP contribution in [0.25, 0.3) is 11.1 Å². The fourth-order valence-corrected chi connectivity index (χ4v) is 1.45. The van der Waals surface area contributed by atoms with Gasteiger partial charge in [-0.1, -0.05) is 25.9 Å². The Bertz CT molecular complexity index is 509. The zero-order valence-electron chi connectivity index (χ0n) is 8.94. The van der Waals surface area contributed by atoms with Gasteiger partial charge < -0.3 is 4.52 Å². The molecule has 0 aliphatic carbocycles. The van der Waals surface area contributed by atoms with E-state index >= 15 is 0 Å². The molecule has 0 unspecified atom stereocenters. The highest BCUT2D eigenvalue weighted by molar-refractivity contribution is 5.84. The van der Waals surface area contributed by atoms with Crippen molar-refractivity contribution in [3.05, 3.63) is 23.5 Å². The molecule has 0 bridgehead atoms. The average Bonchev–Trinajstić information content (AvgIpc) is 2.59. The molecule has 0 radical (unpaired) electrons. The van der Waals surface area contributed by atoms with E-state index in [9.17, 15) is 4.79 Å². The number of carbonyl (C=O) groups excluding carboxylic acids is 1. The highest BCUT2D eigenvalue weighted by atomic mass is 16.5. The van der Waals surface area contributed by atoms with Crippen molar-refractivity contribution >= 4 is 17.4 Å². The predicted octanol–water partition coefficient (Wildman–Crippen LogP) is 2.33. The Morgan fingerprint density at radius 2 is 2.13 bits per heavy atom. The second-order valence-electron chi connectivity index (χ2n) is 4.52. The van der Waals surface area contributed by atoms with E-state index in [0.717, 1.165) is 17.4 Å². The maximum atomic E-state index is 10.6. The number of aldehydes is 1. The normalized spacial score (nSPS) is 11.9. The molecule has 4 heteroatoms. The van der Waals surface area contributed by atoms with Crippen LogP contribution in [0.15, 0.2) is 16.8 Å². The molecule has 0 aliphatic heterocycles. The van der Waals surface area contributed by atoms with E-state index in [1.54, 1.807) is 6.07 Å². The Morgan fingerprint density at radius 1 is 1.40 bits per heavy atom. The van der Waals surface area contributed by atoms with E-state index < -0.39 is 0 Å². The van der Waals surface area contributed by atoms with Crippen LogP contribution in [0.5, 0.6) is 0 Å². The van der Waals surface area contributed by atoms with Crippen LogP contribution in [-0.4, -0.2) is 16.4 Å². The summed E-state index contributed by atoms with van der Waals surface area (Å²) in [5.41, 5.74) is 1.73. The number of hydrogen-bond donors (Lipinski definition) is 0. The molecule has 0 atom stereocenters. The lowest BCUT2D eigenvalue weighted by Gasteiger charge is -2.13. The lowest BCUT2D eigenvalue weighted by molar-refractivity contribution is 0.112. The molecule has 4 nitrogen and oxygen atoms in total. The Hall–Kier alpha value is -1.71. The van der Waals surface area contributed by atoms with Crippen LogP contribution in [0.1, 0.15) is 36.8 Å². The van der Waals surface area contributed by atoms with E-state index in [4.69, 9.17) is 4.52 Å². The maximum absolute atomic E-state index is 10.6. The molecule has 2 heterocycles. The highest BCUT2D eigenvalue weighted by Crippen LogP contribution is 2.28. The van der Waals surface area contributed by atoms with Crippen LogP contribution >= 0.6 is 0 Å². The second-order valence-corrected chi connectivity index (χ2v) is 4.52. The van der Waals surface area contributed by atoms with Crippen molar-refractivity contribution in [2.24, 2.45) is 0 Å². The van der Waals surface area contributed by atoms with Crippen molar-refractivity contribution in [2.75, 3.05) is 0 Å². The topological polar surface area (TPSA) is 56.0 Å². The van der Waals surface area contributed by atoms with Gasteiger partial charge in [0, 0.05) is 17.2 Å². The van der Waals surface area contributed by atoms with Gasteiger partial charge in [-0.15, -0.1) is 0 Å². The van der Waals surface area contributed by atoms with Crippen LogP contribution in [0.2, 0.25) is 0 Å². The van der Waals surface area contributed by atoms with E-state index in [2.05, 4.69) is 10.1 Å². The lowest BCUT2D eigenvalue weighted by atomic mass is 9.90. The van der Waals surface area contributed by atoms with E-state index in [0.29, 0.717) is 11.3 Å². The molecule has 78 valence electrons. The second kappa shape index (κ2) is 3.15. The minimum Gasteiger partial charge on any atom is -0.336 e. The van der Waals surface area contributed by atoms with Gasteiger partial charge in [-0.3, -0.25) is 4.79 Å². The summed E-state index contributed by atoms with van der Waals surface area (Å²) in [4.78, 5) is 14.7. The average molecular weight is 204 g/mol. The molecule has 0 saturated carbocycles. The zero-order chi connectivity index (χ0) is 11.1. The van der Waals surface area contributed by atoms with Crippen LogP contribution in [0, 0.1) is 0 Å². The highest BCUT2D eigenvalue weighted by Gasteiger charge is 2.22. The van der Waals surface area contributed by atoms with E-state index in [1.165, 1.54) is 6.20 Å². The van der Waals surface area contributed by atoms with Crippen molar-refractivity contribution in [2.45, 2.75) is 26.2 Å². The van der Waals surface area contributed by atoms with Crippen molar-refractivity contribution in [3.63, 3.8) is 0 Å². The smallest absolute Gasteiger partial charge is 0.257 e. The molecule has 2 rings (SSSR count). The van der Waals surface area contributed by atoms with Gasteiger partial charge in [-0.2, -0.15) is 0 Å². The molecule has 15 heavy (non-hydrogen) atoms. The number of aromatic nitrogens is 2. The molecule has 0 N–H and O–H groups in total. The van der Waals surface area contributed by atoms with Gasteiger partial charge >= 0.3 is 0 Å². The number of rotatable bonds is 1. The molecule has 0 spiro atoms. The fourth-order valence-electron chi connectivity index (χ4n) is 1.45. The standard InChI is InChI=1S/C11H12N2O2/c1-11(2,3)9-8-4-7(6-14)5-12-10(8)15-13-9/h4-6H,1-3H3. The molecule has 0 aromatic carbocycles. The monoisotopic (exact) mass is 204 g/mol. The first-order chi connectivity index (χ1) is 7.02. The predicted molar refractivity (Wildman–Crippen MR) is 55.9 cm³/mol. The summed E-state index contributed by atoms with van der Waals surface area (Å²) in [6, 6.07) is 1.76. The third-order valence-electron chi connectivity index (χ3n) is 2.20. The summed E-state index contributed by atoms with van der Waals surface area (Å²) in [6.07, 6.45) is 2.25. The zero-order valence-corrected chi connectivity index (χ0v) is 8.94. The molecule has 2 aromatic rings. The fraction of sp³-hybridized carbons (Fsp3) is 0.364. The summed E-state index contributed by atoms with van der Waals surface area (Å²) in [5.74, 6) is 0. The molecular weight excluding hydrogens is 192 g/mol. The molecular formula is C11H12N2O2. The van der Waals surface area contributed by atoms with Gasteiger partial charge in [0.25, 0.3) is 5.71 Å². The molecule has 0 amide bonds. The molecule has 0 saturated heterocycles.